The van der Waals surface area contributed by atoms with E-state index in [2.05, 4.69) is 5.16 Å². The lowest BCUT2D eigenvalue weighted by Crippen LogP contribution is -2.17. The zero-order chi connectivity index (χ0) is 18.5. The number of hydrogen-bond acceptors (Lipinski definition) is 7. The van der Waals surface area contributed by atoms with Crippen molar-refractivity contribution in [2.75, 3.05) is 20.3 Å². The van der Waals surface area contributed by atoms with E-state index in [0.29, 0.717) is 23.7 Å². The van der Waals surface area contributed by atoms with Crippen molar-refractivity contribution < 1.29 is 28.3 Å². The Morgan fingerprint density at radius 2 is 2.15 bits per heavy atom. The van der Waals surface area contributed by atoms with Crippen LogP contribution in [-0.2, 0) is 16.1 Å². The van der Waals surface area contributed by atoms with Crippen LogP contribution >= 0.6 is 0 Å². The predicted octanol–water partition coefficient (Wildman–Crippen LogP) is 3.21. The molecule has 1 aromatic carbocycles. The van der Waals surface area contributed by atoms with Crippen LogP contribution in [0.3, 0.4) is 0 Å². The van der Waals surface area contributed by atoms with Gasteiger partial charge in [0.1, 0.15) is 19.0 Å². The molecule has 140 valence electrons. The van der Waals surface area contributed by atoms with E-state index in [4.69, 9.17) is 23.5 Å². The van der Waals surface area contributed by atoms with Gasteiger partial charge in [-0.1, -0.05) is 5.16 Å². The molecule has 7 nitrogen and oxygen atoms in total. The number of carbonyl (C=O) groups is 1. The van der Waals surface area contributed by atoms with Crippen LogP contribution in [0.25, 0.3) is 0 Å². The van der Waals surface area contributed by atoms with Crippen LogP contribution in [0.5, 0.6) is 11.5 Å². The molecular formula is C19H23NO6. The standard InChI is InChI=1S/C19H23NO6/c1-12-16(13(2)26-20-12)11-24-17-7-6-14(9-18(17)22-3)19(21)25-10-15-5-4-8-23-15/h6-7,9,15H,4-5,8,10-11H2,1-3H3. The highest BCUT2D eigenvalue weighted by molar-refractivity contribution is 5.90. The first-order valence-corrected chi connectivity index (χ1v) is 8.59. The molecule has 2 aromatic rings. The highest BCUT2D eigenvalue weighted by Crippen LogP contribution is 2.30. The monoisotopic (exact) mass is 361 g/mol. The fourth-order valence-electron chi connectivity index (χ4n) is 2.80. The second-order valence-electron chi connectivity index (χ2n) is 6.19. The second-order valence-corrected chi connectivity index (χ2v) is 6.19. The number of methoxy groups -OCH3 is 1. The molecule has 1 aliphatic rings. The number of benzene rings is 1. The lowest BCUT2D eigenvalue weighted by molar-refractivity contribution is 0.0161. The van der Waals surface area contributed by atoms with Crippen molar-refractivity contribution in [3.05, 3.63) is 40.8 Å². The number of ether oxygens (including phenoxy) is 4. The molecular weight excluding hydrogens is 338 g/mol. The van der Waals surface area contributed by atoms with Gasteiger partial charge in [0.2, 0.25) is 0 Å². The first-order chi connectivity index (χ1) is 12.6. The Bertz CT molecular complexity index is 744. The van der Waals surface area contributed by atoms with Crippen molar-refractivity contribution >= 4 is 5.97 Å². The summed E-state index contributed by atoms with van der Waals surface area (Å²) in [4.78, 5) is 12.2. The molecule has 1 unspecified atom stereocenters. The summed E-state index contributed by atoms with van der Waals surface area (Å²) in [5.74, 6) is 1.30. The number of esters is 1. The third-order valence-electron chi connectivity index (χ3n) is 4.38. The topological polar surface area (TPSA) is 80.0 Å². The number of carbonyl (C=O) groups excluding carboxylic acids is 1. The van der Waals surface area contributed by atoms with Crippen LogP contribution in [0, 0.1) is 13.8 Å². The van der Waals surface area contributed by atoms with Crippen LogP contribution in [0.1, 0.15) is 40.2 Å². The van der Waals surface area contributed by atoms with Gasteiger partial charge >= 0.3 is 5.97 Å². The Balaban J connectivity index is 1.64. The minimum Gasteiger partial charge on any atom is -0.493 e. The Hall–Kier alpha value is -2.54. The Morgan fingerprint density at radius 3 is 2.81 bits per heavy atom. The van der Waals surface area contributed by atoms with Gasteiger partial charge in [0.05, 0.1) is 30.0 Å². The molecule has 1 fully saturated rings. The maximum absolute atomic E-state index is 12.2. The van der Waals surface area contributed by atoms with E-state index >= 15 is 0 Å². The molecule has 2 heterocycles. The molecule has 0 spiro atoms. The second kappa shape index (κ2) is 8.23. The summed E-state index contributed by atoms with van der Waals surface area (Å²) in [5, 5.41) is 3.90. The van der Waals surface area contributed by atoms with Crippen molar-refractivity contribution in [1.29, 1.82) is 0 Å². The third kappa shape index (κ3) is 4.16. The zero-order valence-electron chi connectivity index (χ0n) is 15.2. The molecule has 0 saturated carbocycles. The van der Waals surface area contributed by atoms with Gasteiger partial charge in [0.15, 0.2) is 11.5 Å². The SMILES string of the molecule is COc1cc(C(=O)OCC2CCCO2)ccc1OCc1c(C)noc1C. The van der Waals surface area contributed by atoms with E-state index in [-0.39, 0.29) is 12.7 Å². The first-order valence-electron chi connectivity index (χ1n) is 8.59. The predicted molar refractivity (Wildman–Crippen MR) is 92.6 cm³/mol. The lowest BCUT2D eigenvalue weighted by atomic mass is 10.2. The molecule has 26 heavy (non-hydrogen) atoms. The zero-order valence-corrected chi connectivity index (χ0v) is 15.2. The lowest BCUT2D eigenvalue weighted by Gasteiger charge is -2.13. The average molecular weight is 361 g/mol. The van der Waals surface area contributed by atoms with Crippen LogP contribution < -0.4 is 9.47 Å². The molecule has 0 radical (unpaired) electrons. The van der Waals surface area contributed by atoms with Crippen LogP contribution in [0.2, 0.25) is 0 Å². The molecule has 1 saturated heterocycles. The molecule has 0 aliphatic carbocycles. The minimum absolute atomic E-state index is 0.00139. The highest BCUT2D eigenvalue weighted by Gasteiger charge is 2.19. The van der Waals surface area contributed by atoms with E-state index in [1.54, 1.807) is 18.2 Å². The van der Waals surface area contributed by atoms with Crippen molar-refractivity contribution in [2.45, 2.75) is 39.4 Å². The van der Waals surface area contributed by atoms with Gasteiger partial charge in [-0.15, -0.1) is 0 Å². The summed E-state index contributed by atoms with van der Waals surface area (Å²) in [6, 6.07) is 4.96. The van der Waals surface area contributed by atoms with Gasteiger partial charge in [0.25, 0.3) is 0 Å². The van der Waals surface area contributed by atoms with Gasteiger partial charge in [-0.3, -0.25) is 0 Å². The van der Waals surface area contributed by atoms with Gasteiger partial charge in [-0.25, -0.2) is 4.79 Å². The van der Waals surface area contributed by atoms with Crippen LogP contribution in [-0.4, -0.2) is 37.6 Å². The Labute approximate surface area is 152 Å². The van der Waals surface area contributed by atoms with E-state index in [0.717, 1.165) is 36.5 Å². The number of aromatic nitrogens is 1. The van der Waals surface area contributed by atoms with Crippen LogP contribution in [0.15, 0.2) is 22.7 Å². The van der Waals surface area contributed by atoms with Crippen molar-refractivity contribution in [2.24, 2.45) is 0 Å². The summed E-state index contributed by atoms with van der Waals surface area (Å²) < 4.78 is 27.1. The number of nitrogens with zero attached hydrogens (tertiary/aromatic N) is 1. The van der Waals surface area contributed by atoms with E-state index in [9.17, 15) is 4.79 Å². The summed E-state index contributed by atoms with van der Waals surface area (Å²) in [6.45, 7) is 5.00. The maximum Gasteiger partial charge on any atom is 0.338 e. The molecule has 0 amide bonds. The summed E-state index contributed by atoms with van der Waals surface area (Å²) in [6.07, 6.45) is 1.93. The van der Waals surface area contributed by atoms with Gasteiger partial charge in [-0.05, 0) is 44.9 Å². The molecule has 7 heteroatoms. The molecule has 1 aliphatic heterocycles. The first kappa shape index (κ1) is 18.3. The van der Waals surface area contributed by atoms with E-state index in [1.807, 2.05) is 13.8 Å². The van der Waals surface area contributed by atoms with Crippen molar-refractivity contribution in [3.63, 3.8) is 0 Å². The van der Waals surface area contributed by atoms with Crippen LogP contribution in [0.4, 0.5) is 0 Å². The Morgan fingerprint density at radius 1 is 1.31 bits per heavy atom. The third-order valence-corrected chi connectivity index (χ3v) is 4.38. The molecule has 0 N–H and O–H groups in total. The summed E-state index contributed by atoms with van der Waals surface area (Å²) in [7, 11) is 1.53. The van der Waals surface area contributed by atoms with Gasteiger partial charge in [-0.2, -0.15) is 0 Å². The number of rotatable bonds is 7. The molecule has 1 aromatic heterocycles. The summed E-state index contributed by atoms with van der Waals surface area (Å²) >= 11 is 0. The Kier molecular flexibility index (Phi) is 5.78. The smallest absolute Gasteiger partial charge is 0.338 e. The quantitative estimate of drug-likeness (QED) is 0.701. The molecule has 1 atom stereocenters. The maximum atomic E-state index is 12.2. The largest absolute Gasteiger partial charge is 0.493 e. The van der Waals surface area contributed by atoms with E-state index < -0.39 is 5.97 Å². The normalized spacial score (nSPS) is 16.5. The van der Waals surface area contributed by atoms with Gasteiger partial charge < -0.3 is 23.5 Å². The number of hydrogen-bond donors (Lipinski definition) is 0. The molecule has 3 rings (SSSR count). The fraction of sp³-hybridized carbons (Fsp3) is 0.474. The molecule has 0 bridgehead atoms. The summed E-state index contributed by atoms with van der Waals surface area (Å²) in [5.41, 5.74) is 2.09. The minimum atomic E-state index is -0.406. The van der Waals surface area contributed by atoms with Gasteiger partial charge in [0, 0.05) is 6.61 Å². The van der Waals surface area contributed by atoms with Crippen molar-refractivity contribution in [1.82, 2.24) is 5.16 Å². The average Bonchev–Trinajstić information content (AvgIpc) is 3.28. The van der Waals surface area contributed by atoms with E-state index in [1.165, 1.54) is 7.11 Å². The van der Waals surface area contributed by atoms with Crippen molar-refractivity contribution in [3.8, 4) is 11.5 Å². The highest BCUT2D eigenvalue weighted by atomic mass is 16.6. The number of aryl methyl sites for hydroxylation is 2. The fourth-order valence-corrected chi connectivity index (χ4v) is 2.80.